The summed E-state index contributed by atoms with van der Waals surface area (Å²) < 4.78 is 0. The van der Waals surface area contributed by atoms with Crippen LogP contribution < -0.4 is 11.1 Å². The molecule has 0 aliphatic heterocycles. The number of benzene rings is 1. The monoisotopic (exact) mass is 248 g/mol. The van der Waals surface area contributed by atoms with Crippen LogP contribution in [0.25, 0.3) is 0 Å². The highest BCUT2D eigenvalue weighted by atomic mass is 16.1. The topological polar surface area (TPSA) is 55.1 Å². The Balaban J connectivity index is 2.51. The first-order chi connectivity index (χ1) is 8.56. The van der Waals surface area contributed by atoms with E-state index in [1.54, 1.807) is 0 Å². The molecule has 1 aromatic rings. The molecule has 1 unspecified atom stereocenters. The van der Waals surface area contributed by atoms with Gasteiger partial charge in [0, 0.05) is 18.2 Å². The SMILES string of the molecule is CCC(CC)NC(=O)CC(C)c1ccc(N)cc1. The largest absolute Gasteiger partial charge is 0.399 e. The Bertz CT molecular complexity index is 369. The van der Waals surface area contributed by atoms with E-state index in [9.17, 15) is 4.79 Å². The van der Waals surface area contributed by atoms with E-state index in [-0.39, 0.29) is 11.8 Å². The van der Waals surface area contributed by atoms with Gasteiger partial charge in [0.25, 0.3) is 0 Å². The minimum absolute atomic E-state index is 0.132. The maximum absolute atomic E-state index is 11.9. The van der Waals surface area contributed by atoms with Gasteiger partial charge in [-0.25, -0.2) is 0 Å². The first kappa shape index (κ1) is 14.6. The third-order valence-electron chi connectivity index (χ3n) is 3.35. The Morgan fingerprint density at radius 1 is 1.22 bits per heavy atom. The fraction of sp³-hybridized carbons (Fsp3) is 0.533. The maximum Gasteiger partial charge on any atom is 0.220 e. The van der Waals surface area contributed by atoms with Crippen LogP contribution >= 0.6 is 0 Å². The molecular weight excluding hydrogens is 224 g/mol. The number of nitrogens with one attached hydrogen (secondary N) is 1. The van der Waals surface area contributed by atoms with E-state index in [0.717, 1.165) is 24.1 Å². The van der Waals surface area contributed by atoms with Gasteiger partial charge in [-0.1, -0.05) is 32.9 Å². The summed E-state index contributed by atoms with van der Waals surface area (Å²) >= 11 is 0. The van der Waals surface area contributed by atoms with Crippen LogP contribution in [0.5, 0.6) is 0 Å². The lowest BCUT2D eigenvalue weighted by Crippen LogP contribution is -2.34. The van der Waals surface area contributed by atoms with Crippen molar-refractivity contribution in [3.8, 4) is 0 Å². The van der Waals surface area contributed by atoms with Crippen LogP contribution in [-0.4, -0.2) is 11.9 Å². The molecule has 0 bridgehead atoms. The zero-order chi connectivity index (χ0) is 13.5. The standard InChI is InChI=1S/C15H24N2O/c1-4-14(5-2)17-15(18)10-11(3)12-6-8-13(16)9-7-12/h6-9,11,14H,4-5,10,16H2,1-3H3,(H,17,18). The molecule has 0 saturated heterocycles. The number of carbonyl (C=O) groups is 1. The minimum Gasteiger partial charge on any atom is -0.399 e. The second kappa shape index (κ2) is 7.04. The maximum atomic E-state index is 11.9. The third kappa shape index (κ3) is 4.40. The van der Waals surface area contributed by atoms with E-state index >= 15 is 0 Å². The Morgan fingerprint density at radius 3 is 2.28 bits per heavy atom. The summed E-state index contributed by atoms with van der Waals surface area (Å²) in [6, 6.07) is 8.04. The van der Waals surface area contributed by atoms with Gasteiger partial charge in [-0.3, -0.25) is 4.79 Å². The van der Waals surface area contributed by atoms with Crippen LogP contribution in [0.2, 0.25) is 0 Å². The Morgan fingerprint density at radius 2 is 1.78 bits per heavy atom. The number of hydrogen-bond donors (Lipinski definition) is 2. The first-order valence-corrected chi connectivity index (χ1v) is 6.71. The average molecular weight is 248 g/mol. The lowest BCUT2D eigenvalue weighted by atomic mass is 9.97. The van der Waals surface area contributed by atoms with Crippen LogP contribution in [-0.2, 0) is 4.79 Å². The summed E-state index contributed by atoms with van der Waals surface area (Å²) in [4.78, 5) is 11.9. The summed E-state index contributed by atoms with van der Waals surface area (Å²) in [5.74, 6) is 0.355. The van der Waals surface area contributed by atoms with Crippen molar-refractivity contribution >= 4 is 11.6 Å². The lowest BCUT2D eigenvalue weighted by Gasteiger charge is -2.17. The quantitative estimate of drug-likeness (QED) is 0.760. The highest BCUT2D eigenvalue weighted by molar-refractivity contribution is 5.77. The smallest absolute Gasteiger partial charge is 0.220 e. The van der Waals surface area contributed by atoms with Crippen LogP contribution in [0.4, 0.5) is 5.69 Å². The number of hydrogen-bond acceptors (Lipinski definition) is 2. The molecule has 0 spiro atoms. The van der Waals surface area contributed by atoms with Gasteiger partial charge in [-0.05, 0) is 36.5 Å². The molecule has 0 fully saturated rings. The van der Waals surface area contributed by atoms with Gasteiger partial charge in [-0.2, -0.15) is 0 Å². The molecule has 1 rings (SSSR count). The van der Waals surface area contributed by atoms with Crippen molar-refractivity contribution in [1.29, 1.82) is 0 Å². The number of rotatable bonds is 6. The molecule has 0 aliphatic carbocycles. The number of amides is 1. The van der Waals surface area contributed by atoms with Crippen LogP contribution in [0.1, 0.15) is 51.5 Å². The summed E-state index contributed by atoms with van der Waals surface area (Å²) in [6.07, 6.45) is 2.50. The molecule has 0 saturated carbocycles. The van der Waals surface area contributed by atoms with Crippen molar-refractivity contribution in [2.45, 2.75) is 52.0 Å². The second-order valence-corrected chi connectivity index (χ2v) is 4.85. The normalized spacial score (nSPS) is 12.4. The van der Waals surface area contributed by atoms with Gasteiger partial charge in [0.1, 0.15) is 0 Å². The van der Waals surface area contributed by atoms with E-state index in [1.165, 1.54) is 0 Å². The summed E-state index contributed by atoms with van der Waals surface area (Å²) in [5.41, 5.74) is 7.56. The molecule has 1 amide bonds. The van der Waals surface area contributed by atoms with Gasteiger partial charge in [0.05, 0.1) is 0 Å². The van der Waals surface area contributed by atoms with Crippen molar-refractivity contribution in [3.63, 3.8) is 0 Å². The predicted molar refractivity (Wildman–Crippen MR) is 76.4 cm³/mol. The third-order valence-corrected chi connectivity index (χ3v) is 3.35. The fourth-order valence-corrected chi connectivity index (χ4v) is 2.00. The number of carbonyl (C=O) groups excluding carboxylic acids is 1. The highest BCUT2D eigenvalue weighted by Crippen LogP contribution is 2.20. The van der Waals surface area contributed by atoms with Gasteiger partial charge >= 0.3 is 0 Å². The van der Waals surface area contributed by atoms with Crippen LogP contribution in [0.15, 0.2) is 24.3 Å². The molecule has 3 N–H and O–H groups in total. The molecule has 18 heavy (non-hydrogen) atoms. The molecule has 0 radical (unpaired) electrons. The Labute approximate surface area is 110 Å². The molecule has 3 heteroatoms. The second-order valence-electron chi connectivity index (χ2n) is 4.85. The molecule has 100 valence electrons. The lowest BCUT2D eigenvalue weighted by molar-refractivity contribution is -0.122. The van der Waals surface area contributed by atoms with E-state index in [1.807, 2.05) is 24.3 Å². The summed E-state index contributed by atoms with van der Waals surface area (Å²) in [5, 5.41) is 3.06. The number of nitrogens with two attached hydrogens (primary N) is 1. The molecule has 0 aliphatic rings. The first-order valence-electron chi connectivity index (χ1n) is 6.71. The number of nitrogen functional groups attached to an aromatic ring is 1. The van der Waals surface area contributed by atoms with E-state index < -0.39 is 0 Å². The van der Waals surface area contributed by atoms with Crippen molar-refractivity contribution in [1.82, 2.24) is 5.32 Å². The fourth-order valence-electron chi connectivity index (χ4n) is 2.00. The zero-order valence-electron chi connectivity index (χ0n) is 11.6. The molecule has 0 aromatic heterocycles. The molecule has 1 atom stereocenters. The zero-order valence-corrected chi connectivity index (χ0v) is 11.6. The van der Waals surface area contributed by atoms with Gasteiger partial charge in [-0.15, -0.1) is 0 Å². The molecule has 0 heterocycles. The Kier molecular flexibility index (Phi) is 5.69. The van der Waals surface area contributed by atoms with E-state index in [4.69, 9.17) is 5.73 Å². The number of anilines is 1. The molecule has 3 nitrogen and oxygen atoms in total. The van der Waals surface area contributed by atoms with Gasteiger partial charge < -0.3 is 11.1 Å². The summed E-state index contributed by atoms with van der Waals surface area (Å²) in [6.45, 7) is 6.26. The van der Waals surface area contributed by atoms with Crippen LogP contribution in [0.3, 0.4) is 0 Å². The average Bonchev–Trinajstić information content (AvgIpc) is 2.36. The van der Waals surface area contributed by atoms with E-state index in [0.29, 0.717) is 12.5 Å². The van der Waals surface area contributed by atoms with Gasteiger partial charge in [0.15, 0.2) is 0 Å². The highest BCUT2D eigenvalue weighted by Gasteiger charge is 2.13. The molecular formula is C15H24N2O. The van der Waals surface area contributed by atoms with Crippen molar-refractivity contribution < 1.29 is 4.79 Å². The molecule has 1 aromatic carbocycles. The van der Waals surface area contributed by atoms with E-state index in [2.05, 4.69) is 26.1 Å². The summed E-state index contributed by atoms with van der Waals surface area (Å²) in [7, 11) is 0. The minimum atomic E-state index is 0.132. The van der Waals surface area contributed by atoms with Gasteiger partial charge in [0.2, 0.25) is 5.91 Å². The predicted octanol–water partition coefficient (Wildman–Crippen LogP) is 3.07. The Hall–Kier alpha value is -1.51. The van der Waals surface area contributed by atoms with Crippen LogP contribution in [0, 0.1) is 0 Å². The van der Waals surface area contributed by atoms with Crippen molar-refractivity contribution in [2.75, 3.05) is 5.73 Å². The van der Waals surface area contributed by atoms with Crippen molar-refractivity contribution in [2.24, 2.45) is 0 Å². The van der Waals surface area contributed by atoms with Crippen molar-refractivity contribution in [3.05, 3.63) is 29.8 Å².